The van der Waals surface area contributed by atoms with Crippen molar-refractivity contribution in [3.63, 3.8) is 0 Å². The molecule has 0 spiro atoms. The third-order valence-corrected chi connectivity index (χ3v) is 4.12. The summed E-state index contributed by atoms with van der Waals surface area (Å²) in [4.78, 5) is 18.8. The Morgan fingerprint density at radius 3 is 2.24 bits per heavy atom. The van der Waals surface area contributed by atoms with Gasteiger partial charge in [0.15, 0.2) is 0 Å². The van der Waals surface area contributed by atoms with Gasteiger partial charge in [-0.2, -0.15) is 0 Å². The average Bonchev–Trinajstić information content (AvgIpc) is 2.41. The van der Waals surface area contributed by atoms with Gasteiger partial charge in [-0.05, 0) is 23.8 Å². The van der Waals surface area contributed by atoms with Crippen LogP contribution in [0.3, 0.4) is 0 Å². The Kier molecular flexibility index (Phi) is 4.85. The minimum atomic E-state index is -4.52. The summed E-state index contributed by atoms with van der Waals surface area (Å²) in [6.07, 6.45) is 0. The first kappa shape index (κ1) is 15.8. The van der Waals surface area contributed by atoms with E-state index in [1.807, 2.05) is 0 Å². The molecule has 0 radical (unpaired) electrons. The SMILES string of the molecule is O=P(O)(O)[C@@H](NCc1ccccc1F)c1ccc(F)cc1. The second-order valence-electron chi connectivity index (χ2n) is 4.52. The normalized spacial score (nSPS) is 13.1. The van der Waals surface area contributed by atoms with Crippen LogP contribution in [-0.2, 0) is 11.1 Å². The Morgan fingerprint density at radius 2 is 1.67 bits per heavy atom. The van der Waals surface area contributed by atoms with Crippen LogP contribution in [0.2, 0.25) is 0 Å². The molecule has 0 bridgehead atoms. The molecule has 0 saturated heterocycles. The molecule has 0 fully saturated rings. The Hall–Kier alpha value is -1.59. The Balaban J connectivity index is 2.20. The summed E-state index contributed by atoms with van der Waals surface area (Å²) in [5, 5.41) is 2.63. The highest BCUT2D eigenvalue weighted by Crippen LogP contribution is 2.50. The highest BCUT2D eigenvalue weighted by Gasteiger charge is 2.30. The molecule has 4 nitrogen and oxygen atoms in total. The second-order valence-corrected chi connectivity index (χ2v) is 6.21. The van der Waals surface area contributed by atoms with E-state index in [1.54, 1.807) is 6.07 Å². The zero-order valence-electron chi connectivity index (χ0n) is 10.9. The van der Waals surface area contributed by atoms with Crippen LogP contribution in [0.1, 0.15) is 16.9 Å². The van der Waals surface area contributed by atoms with Crippen molar-refractivity contribution in [2.45, 2.75) is 12.3 Å². The largest absolute Gasteiger partial charge is 0.346 e. The number of halogens is 2. The summed E-state index contributed by atoms with van der Waals surface area (Å²) >= 11 is 0. The fourth-order valence-corrected chi connectivity index (χ4v) is 2.81. The molecule has 0 amide bonds. The molecular weight excluding hydrogens is 299 g/mol. The van der Waals surface area contributed by atoms with E-state index in [4.69, 9.17) is 0 Å². The van der Waals surface area contributed by atoms with Crippen LogP contribution in [0, 0.1) is 11.6 Å². The summed E-state index contributed by atoms with van der Waals surface area (Å²) in [5.74, 6) is -2.29. The van der Waals surface area contributed by atoms with Gasteiger partial charge >= 0.3 is 7.60 Å². The van der Waals surface area contributed by atoms with Crippen molar-refractivity contribution in [3.05, 3.63) is 71.3 Å². The van der Waals surface area contributed by atoms with Crippen molar-refractivity contribution < 1.29 is 23.1 Å². The predicted octanol–water partition coefficient (Wildman–Crippen LogP) is 2.93. The van der Waals surface area contributed by atoms with Gasteiger partial charge in [-0.1, -0.05) is 30.3 Å². The van der Waals surface area contributed by atoms with Crippen molar-refractivity contribution in [1.82, 2.24) is 5.32 Å². The maximum absolute atomic E-state index is 13.5. The van der Waals surface area contributed by atoms with Crippen LogP contribution < -0.4 is 5.32 Å². The maximum Gasteiger partial charge on any atom is 0.346 e. The first-order chi connectivity index (χ1) is 9.88. The van der Waals surface area contributed by atoms with E-state index in [-0.39, 0.29) is 17.7 Å². The average molecular weight is 313 g/mol. The molecule has 0 aliphatic rings. The van der Waals surface area contributed by atoms with Crippen LogP contribution in [-0.4, -0.2) is 9.79 Å². The van der Waals surface area contributed by atoms with E-state index in [2.05, 4.69) is 5.32 Å². The number of nitrogens with one attached hydrogen (secondary N) is 1. The molecule has 0 heterocycles. The van der Waals surface area contributed by atoms with Crippen LogP contribution in [0.15, 0.2) is 48.5 Å². The van der Waals surface area contributed by atoms with Crippen LogP contribution in [0.5, 0.6) is 0 Å². The first-order valence-electron chi connectivity index (χ1n) is 6.15. The highest BCUT2D eigenvalue weighted by atomic mass is 31.2. The number of hydrogen-bond donors (Lipinski definition) is 3. The van der Waals surface area contributed by atoms with E-state index in [0.29, 0.717) is 0 Å². The summed E-state index contributed by atoms with van der Waals surface area (Å²) < 4.78 is 38.0. The lowest BCUT2D eigenvalue weighted by Gasteiger charge is -2.20. The first-order valence-corrected chi connectivity index (χ1v) is 7.83. The van der Waals surface area contributed by atoms with Gasteiger partial charge in [0.05, 0.1) is 0 Å². The van der Waals surface area contributed by atoms with E-state index in [1.165, 1.54) is 30.3 Å². The second kappa shape index (κ2) is 6.45. The quantitative estimate of drug-likeness (QED) is 0.742. The van der Waals surface area contributed by atoms with Gasteiger partial charge in [0.25, 0.3) is 0 Å². The summed E-state index contributed by atoms with van der Waals surface area (Å²) in [6.45, 7) is -0.0557. The monoisotopic (exact) mass is 313 g/mol. The molecule has 3 N–H and O–H groups in total. The topological polar surface area (TPSA) is 69.6 Å². The Morgan fingerprint density at radius 1 is 1.05 bits per heavy atom. The molecule has 7 heteroatoms. The summed E-state index contributed by atoms with van der Waals surface area (Å²) in [5.41, 5.74) is 0.527. The van der Waals surface area contributed by atoms with E-state index in [9.17, 15) is 23.1 Å². The lowest BCUT2D eigenvalue weighted by molar-refractivity contribution is 0.346. The zero-order valence-corrected chi connectivity index (χ0v) is 11.8. The van der Waals surface area contributed by atoms with Crippen molar-refractivity contribution in [1.29, 1.82) is 0 Å². The molecule has 0 aromatic heterocycles. The minimum absolute atomic E-state index is 0.0557. The van der Waals surface area contributed by atoms with Gasteiger partial charge in [0.1, 0.15) is 17.4 Å². The lowest BCUT2D eigenvalue weighted by Crippen LogP contribution is -2.21. The molecule has 2 aromatic carbocycles. The van der Waals surface area contributed by atoms with Gasteiger partial charge in [-0.25, -0.2) is 8.78 Å². The maximum atomic E-state index is 13.5. The van der Waals surface area contributed by atoms with Gasteiger partial charge in [0.2, 0.25) is 0 Å². The standard InChI is InChI=1S/C14H14F2NO3P/c15-12-7-5-10(6-8-12)14(21(18,19)20)17-9-11-3-1-2-4-13(11)16/h1-8,14,17H,9H2,(H2,18,19,20)/t14-/m1/s1. The minimum Gasteiger partial charge on any atom is -0.323 e. The lowest BCUT2D eigenvalue weighted by atomic mass is 10.2. The summed E-state index contributed by atoms with van der Waals surface area (Å²) in [6, 6.07) is 10.7. The van der Waals surface area contributed by atoms with E-state index in [0.717, 1.165) is 12.1 Å². The smallest absolute Gasteiger partial charge is 0.323 e. The van der Waals surface area contributed by atoms with Crippen molar-refractivity contribution in [2.75, 3.05) is 0 Å². The van der Waals surface area contributed by atoms with E-state index >= 15 is 0 Å². The van der Waals surface area contributed by atoms with Crippen molar-refractivity contribution in [3.8, 4) is 0 Å². The number of hydrogen-bond acceptors (Lipinski definition) is 2. The van der Waals surface area contributed by atoms with Gasteiger partial charge in [-0.3, -0.25) is 9.88 Å². The van der Waals surface area contributed by atoms with Crippen LogP contribution in [0.25, 0.3) is 0 Å². The van der Waals surface area contributed by atoms with Crippen LogP contribution in [0.4, 0.5) is 8.78 Å². The highest BCUT2D eigenvalue weighted by molar-refractivity contribution is 7.52. The third kappa shape index (κ3) is 4.19. The molecule has 2 rings (SSSR count). The Bertz CT molecular complexity index is 658. The van der Waals surface area contributed by atoms with Gasteiger partial charge in [-0.15, -0.1) is 0 Å². The number of rotatable bonds is 5. The Labute approximate surface area is 120 Å². The van der Waals surface area contributed by atoms with Crippen molar-refractivity contribution >= 4 is 7.60 Å². The summed E-state index contributed by atoms with van der Waals surface area (Å²) in [7, 11) is -4.52. The molecule has 0 aliphatic carbocycles. The molecule has 112 valence electrons. The molecule has 0 saturated carbocycles. The predicted molar refractivity (Wildman–Crippen MR) is 74.4 cm³/mol. The molecule has 0 aliphatic heterocycles. The third-order valence-electron chi connectivity index (χ3n) is 2.97. The fourth-order valence-electron chi connectivity index (χ4n) is 1.92. The fraction of sp³-hybridized carbons (Fsp3) is 0.143. The van der Waals surface area contributed by atoms with Crippen molar-refractivity contribution in [2.24, 2.45) is 0 Å². The van der Waals surface area contributed by atoms with Crippen LogP contribution >= 0.6 is 7.60 Å². The van der Waals surface area contributed by atoms with Gasteiger partial charge in [0, 0.05) is 12.1 Å². The molecule has 21 heavy (non-hydrogen) atoms. The number of benzene rings is 2. The van der Waals surface area contributed by atoms with Gasteiger partial charge < -0.3 is 9.79 Å². The van der Waals surface area contributed by atoms with E-state index < -0.39 is 25.0 Å². The molecular formula is C14H14F2NO3P. The molecule has 1 atom stereocenters. The zero-order chi connectivity index (χ0) is 15.5. The molecule has 0 unspecified atom stereocenters. The molecule has 2 aromatic rings.